The van der Waals surface area contributed by atoms with E-state index in [0.717, 1.165) is 0 Å². The smallest absolute Gasteiger partial charge is 0.204 e. The fraction of sp³-hybridized carbons (Fsp3) is 0.333. The molecular formula is C12H15NO3S. The van der Waals surface area contributed by atoms with E-state index in [0.29, 0.717) is 10.5 Å². The number of rotatable bonds is 3. The molecule has 92 valence electrons. The molecule has 1 aliphatic heterocycles. The van der Waals surface area contributed by atoms with Crippen LogP contribution in [-0.2, 0) is 9.84 Å². The quantitative estimate of drug-likeness (QED) is 0.857. The maximum atomic E-state index is 12.1. The van der Waals surface area contributed by atoms with Gasteiger partial charge in [0.1, 0.15) is 5.75 Å². The molecule has 17 heavy (non-hydrogen) atoms. The average molecular weight is 253 g/mol. The Hall–Kier alpha value is -1.33. The van der Waals surface area contributed by atoms with E-state index < -0.39 is 9.84 Å². The van der Waals surface area contributed by atoms with Gasteiger partial charge in [0.05, 0.1) is 9.80 Å². The van der Waals surface area contributed by atoms with Crippen LogP contribution >= 0.6 is 0 Å². The Bertz CT molecular complexity index is 573. The van der Waals surface area contributed by atoms with Crippen LogP contribution in [0.4, 0.5) is 0 Å². The molecule has 0 aromatic heterocycles. The molecule has 0 saturated carbocycles. The predicted molar refractivity (Wildman–Crippen MR) is 66.4 cm³/mol. The Morgan fingerprint density at radius 2 is 2.06 bits per heavy atom. The van der Waals surface area contributed by atoms with Gasteiger partial charge in [0.2, 0.25) is 9.84 Å². The number of sulfone groups is 1. The molecule has 5 heteroatoms. The third kappa shape index (κ3) is 2.08. The summed E-state index contributed by atoms with van der Waals surface area (Å²) in [6.07, 6.45) is 1.54. The summed E-state index contributed by atoms with van der Waals surface area (Å²) in [4.78, 5) is 0.501. The van der Waals surface area contributed by atoms with Gasteiger partial charge in [-0.15, -0.1) is 0 Å². The Labute approximate surface area is 101 Å². The number of hydrogen-bond acceptors (Lipinski definition) is 4. The second-order valence-corrected chi connectivity index (χ2v) is 6.31. The first-order valence-corrected chi connectivity index (χ1v) is 6.92. The number of benzene rings is 1. The summed E-state index contributed by atoms with van der Waals surface area (Å²) in [6, 6.07) is 4.76. The molecule has 0 unspecified atom stereocenters. The molecule has 2 N–H and O–H groups in total. The third-order valence-corrected chi connectivity index (χ3v) is 4.56. The van der Waals surface area contributed by atoms with Crippen LogP contribution in [0.2, 0.25) is 0 Å². The van der Waals surface area contributed by atoms with Crippen molar-refractivity contribution >= 4 is 15.9 Å². The molecule has 4 nitrogen and oxygen atoms in total. The zero-order valence-electron chi connectivity index (χ0n) is 9.77. The highest BCUT2D eigenvalue weighted by atomic mass is 32.2. The van der Waals surface area contributed by atoms with Crippen LogP contribution in [0.1, 0.15) is 19.4 Å². The van der Waals surface area contributed by atoms with Gasteiger partial charge in [0.15, 0.2) is 0 Å². The SMILES string of the molecule is CC(C)NCC1=Cc2c(O)cccc2S1(=O)=O. The summed E-state index contributed by atoms with van der Waals surface area (Å²) in [7, 11) is -3.43. The molecule has 1 aromatic carbocycles. The number of aromatic hydroxyl groups is 1. The van der Waals surface area contributed by atoms with Gasteiger partial charge in [-0.3, -0.25) is 0 Å². The van der Waals surface area contributed by atoms with Crippen molar-refractivity contribution in [1.82, 2.24) is 5.32 Å². The average Bonchev–Trinajstić information content (AvgIpc) is 2.50. The van der Waals surface area contributed by atoms with Crippen molar-refractivity contribution in [2.75, 3.05) is 6.54 Å². The Kier molecular flexibility index (Phi) is 2.97. The van der Waals surface area contributed by atoms with E-state index in [1.54, 1.807) is 6.07 Å². The Balaban J connectivity index is 2.40. The Morgan fingerprint density at radius 3 is 2.65 bits per heavy atom. The molecule has 1 aromatic rings. The van der Waals surface area contributed by atoms with E-state index in [1.807, 2.05) is 13.8 Å². The second-order valence-electron chi connectivity index (χ2n) is 4.34. The molecule has 1 aliphatic rings. The van der Waals surface area contributed by atoms with E-state index in [1.165, 1.54) is 18.2 Å². The van der Waals surface area contributed by atoms with E-state index >= 15 is 0 Å². The lowest BCUT2D eigenvalue weighted by Crippen LogP contribution is -2.26. The van der Waals surface area contributed by atoms with Crippen LogP contribution < -0.4 is 5.32 Å². The number of phenols is 1. The monoisotopic (exact) mass is 253 g/mol. The second kappa shape index (κ2) is 4.16. The number of nitrogens with one attached hydrogen (secondary N) is 1. The minimum atomic E-state index is -3.43. The molecule has 0 aliphatic carbocycles. The summed E-state index contributed by atoms with van der Waals surface area (Å²) >= 11 is 0. The van der Waals surface area contributed by atoms with Gasteiger partial charge in [-0.1, -0.05) is 19.9 Å². The van der Waals surface area contributed by atoms with Crippen molar-refractivity contribution in [2.45, 2.75) is 24.8 Å². The predicted octanol–water partition coefficient (Wildman–Crippen LogP) is 1.52. The number of hydrogen-bond donors (Lipinski definition) is 2. The lowest BCUT2D eigenvalue weighted by Gasteiger charge is -2.08. The molecule has 0 fully saturated rings. The van der Waals surface area contributed by atoms with Crippen molar-refractivity contribution in [3.63, 3.8) is 0 Å². The van der Waals surface area contributed by atoms with Crippen molar-refractivity contribution in [3.05, 3.63) is 28.7 Å². The van der Waals surface area contributed by atoms with Gasteiger partial charge in [-0.05, 0) is 18.2 Å². The number of fused-ring (bicyclic) bond motifs is 1. The van der Waals surface area contributed by atoms with Gasteiger partial charge in [0, 0.05) is 18.2 Å². The maximum Gasteiger partial charge on any atom is 0.204 e. The molecule has 0 spiro atoms. The molecule has 0 saturated heterocycles. The first-order valence-electron chi connectivity index (χ1n) is 5.44. The molecule has 1 heterocycles. The van der Waals surface area contributed by atoms with Gasteiger partial charge in [-0.2, -0.15) is 0 Å². The fourth-order valence-corrected chi connectivity index (χ4v) is 3.28. The van der Waals surface area contributed by atoms with Crippen molar-refractivity contribution in [1.29, 1.82) is 0 Å². The first kappa shape index (κ1) is 12.1. The van der Waals surface area contributed by atoms with E-state index in [4.69, 9.17) is 0 Å². The van der Waals surface area contributed by atoms with Gasteiger partial charge in [0.25, 0.3) is 0 Å². The molecule has 0 radical (unpaired) electrons. The summed E-state index contributed by atoms with van der Waals surface area (Å²) in [5.41, 5.74) is 0.396. The number of phenolic OH excluding ortho intramolecular Hbond substituents is 1. The highest BCUT2D eigenvalue weighted by Gasteiger charge is 2.30. The van der Waals surface area contributed by atoms with Crippen molar-refractivity contribution < 1.29 is 13.5 Å². The summed E-state index contributed by atoms with van der Waals surface area (Å²) < 4.78 is 24.3. The highest BCUT2D eigenvalue weighted by Crippen LogP contribution is 2.37. The van der Waals surface area contributed by atoms with Gasteiger partial charge >= 0.3 is 0 Å². The van der Waals surface area contributed by atoms with E-state index in [2.05, 4.69) is 5.32 Å². The summed E-state index contributed by atoms with van der Waals surface area (Å²) in [5, 5.41) is 12.7. The van der Waals surface area contributed by atoms with E-state index in [-0.39, 0.29) is 23.2 Å². The highest BCUT2D eigenvalue weighted by molar-refractivity contribution is 7.95. The van der Waals surface area contributed by atoms with Gasteiger partial charge in [-0.25, -0.2) is 8.42 Å². The van der Waals surface area contributed by atoms with Crippen LogP contribution in [0.15, 0.2) is 28.0 Å². The zero-order valence-corrected chi connectivity index (χ0v) is 10.6. The third-order valence-electron chi connectivity index (χ3n) is 2.67. The van der Waals surface area contributed by atoms with Crippen molar-refractivity contribution in [2.24, 2.45) is 0 Å². The minimum absolute atomic E-state index is 0.00521. The van der Waals surface area contributed by atoms with Crippen LogP contribution in [0.5, 0.6) is 5.75 Å². The molecule has 2 rings (SSSR count). The lowest BCUT2D eigenvalue weighted by atomic mass is 10.2. The maximum absolute atomic E-state index is 12.1. The largest absolute Gasteiger partial charge is 0.507 e. The Morgan fingerprint density at radius 1 is 1.35 bits per heavy atom. The summed E-state index contributed by atoms with van der Waals surface area (Å²) in [5.74, 6) is 0.00521. The van der Waals surface area contributed by atoms with E-state index in [9.17, 15) is 13.5 Å². The van der Waals surface area contributed by atoms with Crippen LogP contribution in [0.3, 0.4) is 0 Å². The van der Waals surface area contributed by atoms with Crippen molar-refractivity contribution in [3.8, 4) is 5.75 Å². The normalized spacial score (nSPS) is 17.0. The first-order chi connectivity index (χ1) is 7.93. The fourth-order valence-electron chi connectivity index (χ4n) is 1.74. The lowest BCUT2D eigenvalue weighted by molar-refractivity contribution is 0.472. The zero-order chi connectivity index (χ0) is 12.6. The standard InChI is InChI=1S/C12H15NO3S/c1-8(2)13-7-9-6-10-11(14)4-3-5-12(10)17(9,15)16/h3-6,8,13-14H,7H2,1-2H3. The minimum Gasteiger partial charge on any atom is -0.507 e. The topological polar surface area (TPSA) is 66.4 Å². The molecule has 0 amide bonds. The van der Waals surface area contributed by atoms with Crippen LogP contribution in [0, 0.1) is 0 Å². The molecular weight excluding hydrogens is 238 g/mol. The van der Waals surface area contributed by atoms with Crippen LogP contribution in [-0.4, -0.2) is 26.1 Å². The molecule has 0 atom stereocenters. The summed E-state index contributed by atoms with van der Waals surface area (Å²) in [6.45, 7) is 4.19. The van der Waals surface area contributed by atoms with Crippen LogP contribution in [0.25, 0.3) is 6.08 Å². The molecule has 0 bridgehead atoms. The van der Waals surface area contributed by atoms with Gasteiger partial charge < -0.3 is 10.4 Å².